The summed E-state index contributed by atoms with van der Waals surface area (Å²) in [7, 11) is 0. The first-order valence-electron chi connectivity index (χ1n) is 6.18. The molecule has 0 fully saturated rings. The molecule has 0 amide bonds. The monoisotopic (exact) mass is 259 g/mol. The van der Waals surface area contributed by atoms with Crippen molar-refractivity contribution in [2.75, 3.05) is 0 Å². The summed E-state index contributed by atoms with van der Waals surface area (Å²) in [6.45, 7) is 5.62. The van der Waals surface area contributed by atoms with Crippen molar-refractivity contribution in [2.24, 2.45) is 0 Å². The number of unbranched alkanes of at least 4 members (excludes halogenated alkanes) is 2. The van der Waals surface area contributed by atoms with Crippen molar-refractivity contribution in [1.82, 2.24) is 0 Å². The lowest BCUT2D eigenvalue weighted by atomic mass is 10.1. The van der Waals surface area contributed by atoms with E-state index in [4.69, 9.17) is 4.74 Å². The van der Waals surface area contributed by atoms with E-state index in [1.165, 1.54) is 18.4 Å². The summed E-state index contributed by atoms with van der Waals surface area (Å²) in [5.74, 6) is 6.06. The van der Waals surface area contributed by atoms with Gasteiger partial charge in [0.1, 0.15) is 0 Å². The summed E-state index contributed by atoms with van der Waals surface area (Å²) < 4.78 is 5.33. The Labute approximate surface area is 113 Å². The molecule has 0 saturated carbocycles. The second kappa shape index (κ2) is 7.93. The van der Waals surface area contributed by atoms with Gasteiger partial charge in [-0.05, 0) is 18.6 Å². The molecule has 100 valence electrons. The van der Waals surface area contributed by atoms with Crippen LogP contribution in [0.3, 0.4) is 0 Å². The summed E-state index contributed by atoms with van der Waals surface area (Å²) in [5, 5.41) is 10.6. The van der Waals surface area contributed by atoms with Crippen molar-refractivity contribution in [3.05, 3.63) is 52.8 Å². The number of hydrogen-bond acceptors (Lipinski definition) is 3. The molecule has 1 rings (SSSR count). The first-order valence-corrected chi connectivity index (χ1v) is 6.18. The predicted molar refractivity (Wildman–Crippen MR) is 74.4 cm³/mol. The molecule has 1 atom stereocenters. The second-order valence-corrected chi connectivity index (χ2v) is 3.96. The normalized spacial score (nSPS) is 11.0. The zero-order chi connectivity index (χ0) is 14.1. The van der Waals surface area contributed by atoms with Crippen LogP contribution in [0.25, 0.3) is 0 Å². The van der Waals surface area contributed by atoms with Gasteiger partial charge >= 0.3 is 0 Å². The van der Waals surface area contributed by atoms with E-state index in [-0.39, 0.29) is 5.69 Å². The number of nitro benzene ring substituents is 1. The van der Waals surface area contributed by atoms with Gasteiger partial charge in [-0.2, -0.15) is 0 Å². The van der Waals surface area contributed by atoms with Crippen molar-refractivity contribution in [1.29, 1.82) is 0 Å². The highest BCUT2D eigenvalue weighted by molar-refractivity contribution is 5.36. The predicted octanol–water partition coefficient (Wildman–Crippen LogP) is 3.99. The van der Waals surface area contributed by atoms with Gasteiger partial charge in [-0.1, -0.05) is 31.8 Å². The van der Waals surface area contributed by atoms with Crippen LogP contribution >= 0.6 is 0 Å². The number of nitrogens with zero attached hydrogens (tertiary/aromatic N) is 1. The molecule has 0 aromatic heterocycles. The summed E-state index contributed by atoms with van der Waals surface area (Å²) >= 11 is 0. The number of benzene rings is 1. The topological polar surface area (TPSA) is 52.4 Å². The maximum Gasteiger partial charge on any atom is 0.269 e. The van der Waals surface area contributed by atoms with E-state index in [1.807, 2.05) is 0 Å². The van der Waals surface area contributed by atoms with Gasteiger partial charge in [0.05, 0.1) is 11.2 Å². The Hall–Kier alpha value is -2.28. The largest absolute Gasteiger partial charge is 0.481 e. The number of ether oxygens (including phenoxy) is 1. The maximum absolute atomic E-state index is 10.6. The Morgan fingerprint density at radius 2 is 2.16 bits per heavy atom. The van der Waals surface area contributed by atoms with Gasteiger partial charge in [0.15, 0.2) is 6.10 Å². The average molecular weight is 259 g/mol. The average Bonchev–Trinajstić information content (AvgIpc) is 2.42. The minimum Gasteiger partial charge on any atom is -0.481 e. The van der Waals surface area contributed by atoms with Gasteiger partial charge in [-0.25, -0.2) is 0 Å². The lowest BCUT2D eigenvalue weighted by molar-refractivity contribution is -0.384. The highest BCUT2D eigenvalue weighted by Gasteiger charge is 2.10. The Bertz CT molecular complexity index is 482. The standard InChI is InChI=1S/C15H17NO3/c1-3-5-6-7-8-15(19-4-2)13-9-11-14(12-10-13)16(17)18/h4,9-12,15H,2-3,5-6H2,1H3/t15-/m0/s1. The molecular weight excluding hydrogens is 242 g/mol. The van der Waals surface area contributed by atoms with E-state index < -0.39 is 11.0 Å². The highest BCUT2D eigenvalue weighted by Crippen LogP contribution is 2.20. The summed E-state index contributed by atoms with van der Waals surface area (Å²) in [5.41, 5.74) is 0.842. The first kappa shape index (κ1) is 14.8. The fourth-order valence-corrected chi connectivity index (χ4v) is 1.49. The first-order chi connectivity index (χ1) is 9.19. The van der Waals surface area contributed by atoms with E-state index >= 15 is 0 Å². The van der Waals surface area contributed by atoms with Crippen molar-refractivity contribution < 1.29 is 9.66 Å². The zero-order valence-corrected chi connectivity index (χ0v) is 11.0. The summed E-state index contributed by atoms with van der Waals surface area (Å²) in [4.78, 5) is 10.2. The molecule has 19 heavy (non-hydrogen) atoms. The van der Waals surface area contributed by atoms with E-state index in [1.54, 1.807) is 12.1 Å². The van der Waals surface area contributed by atoms with Crippen molar-refractivity contribution in [2.45, 2.75) is 32.3 Å². The van der Waals surface area contributed by atoms with Crippen LogP contribution in [-0.4, -0.2) is 4.92 Å². The van der Waals surface area contributed by atoms with Crippen LogP contribution in [0.5, 0.6) is 0 Å². The van der Waals surface area contributed by atoms with E-state index in [9.17, 15) is 10.1 Å². The molecule has 1 aromatic rings. The molecular formula is C15H17NO3. The van der Waals surface area contributed by atoms with Crippen LogP contribution in [0.15, 0.2) is 37.1 Å². The SMILES string of the molecule is C=CO[C@@H](C#CCCCC)c1ccc([N+](=O)[O-])cc1. The molecule has 4 nitrogen and oxygen atoms in total. The third kappa shape index (κ3) is 4.84. The molecule has 1 aromatic carbocycles. The van der Waals surface area contributed by atoms with Crippen molar-refractivity contribution >= 4 is 5.69 Å². The maximum atomic E-state index is 10.6. The van der Waals surface area contributed by atoms with Crippen molar-refractivity contribution in [3.63, 3.8) is 0 Å². The van der Waals surface area contributed by atoms with Crippen molar-refractivity contribution in [3.8, 4) is 11.8 Å². The molecule has 0 radical (unpaired) electrons. The smallest absolute Gasteiger partial charge is 0.269 e. The lowest BCUT2D eigenvalue weighted by Gasteiger charge is -2.10. The van der Waals surface area contributed by atoms with E-state index in [2.05, 4.69) is 25.3 Å². The summed E-state index contributed by atoms with van der Waals surface area (Å²) in [6, 6.07) is 6.20. The molecule has 0 aliphatic heterocycles. The molecule has 0 saturated heterocycles. The lowest BCUT2D eigenvalue weighted by Crippen LogP contribution is -1.98. The van der Waals surface area contributed by atoms with Gasteiger partial charge in [0.25, 0.3) is 5.69 Å². The van der Waals surface area contributed by atoms with E-state index in [0.717, 1.165) is 24.8 Å². The molecule has 0 unspecified atom stereocenters. The van der Waals surface area contributed by atoms with Crippen LogP contribution in [0.4, 0.5) is 5.69 Å². The Morgan fingerprint density at radius 3 is 2.68 bits per heavy atom. The third-order valence-electron chi connectivity index (χ3n) is 2.53. The van der Waals surface area contributed by atoms with Crippen LogP contribution in [0, 0.1) is 22.0 Å². The third-order valence-corrected chi connectivity index (χ3v) is 2.53. The molecule has 0 heterocycles. The second-order valence-electron chi connectivity index (χ2n) is 3.96. The fourth-order valence-electron chi connectivity index (χ4n) is 1.49. The van der Waals surface area contributed by atoms with Crippen LogP contribution in [0.1, 0.15) is 37.9 Å². The van der Waals surface area contributed by atoms with Gasteiger partial charge in [-0.3, -0.25) is 10.1 Å². The number of nitro groups is 1. The Balaban J connectivity index is 2.82. The number of non-ortho nitro benzene ring substituents is 1. The number of hydrogen-bond donors (Lipinski definition) is 0. The fraction of sp³-hybridized carbons (Fsp3) is 0.333. The molecule has 0 aliphatic rings. The molecule has 0 N–H and O–H groups in total. The molecule has 4 heteroatoms. The minimum absolute atomic E-state index is 0.0556. The quantitative estimate of drug-likeness (QED) is 0.255. The molecule has 0 aliphatic carbocycles. The van der Waals surface area contributed by atoms with Crippen LogP contribution < -0.4 is 0 Å². The van der Waals surface area contributed by atoms with Gasteiger partial charge in [0, 0.05) is 24.1 Å². The number of rotatable bonds is 6. The van der Waals surface area contributed by atoms with Gasteiger partial charge < -0.3 is 4.74 Å². The Morgan fingerprint density at radius 1 is 1.47 bits per heavy atom. The summed E-state index contributed by atoms with van der Waals surface area (Å²) in [6.07, 6.45) is 3.88. The van der Waals surface area contributed by atoms with Crippen LogP contribution in [0.2, 0.25) is 0 Å². The van der Waals surface area contributed by atoms with Crippen LogP contribution in [-0.2, 0) is 4.74 Å². The van der Waals surface area contributed by atoms with Gasteiger partial charge in [0.2, 0.25) is 0 Å². The molecule has 0 spiro atoms. The molecule has 0 bridgehead atoms. The zero-order valence-electron chi connectivity index (χ0n) is 11.0. The Kier molecular flexibility index (Phi) is 6.17. The van der Waals surface area contributed by atoms with Gasteiger partial charge in [-0.15, -0.1) is 0 Å². The van der Waals surface area contributed by atoms with E-state index in [0.29, 0.717) is 0 Å². The highest BCUT2D eigenvalue weighted by atomic mass is 16.6. The minimum atomic E-state index is -0.430.